The van der Waals surface area contributed by atoms with Crippen molar-refractivity contribution < 1.29 is 19.4 Å². The van der Waals surface area contributed by atoms with Crippen LogP contribution in [0.15, 0.2) is 24.5 Å². The molecule has 0 saturated carbocycles. The minimum Gasteiger partial charge on any atom is -0.480 e. The highest BCUT2D eigenvalue weighted by Gasteiger charge is 2.33. The fraction of sp³-hybridized carbons (Fsp3) is 0.364. The van der Waals surface area contributed by atoms with Gasteiger partial charge in [0, 0.05) is 24.5 Å². The van der Waals surface area contributed by atoms with Crippen LogP contribution in [0.2, 0.25) is 0 Å². The zero-order valence-corrected chi connectivity index (χ0v) is 9.07. The van der Waals surface area contributed by atoms with E-state index in [2.05, 4.69) is 4.98 Å². The number of nitrogens with zero attached hydrogens (tertiary/aromatic N) is 2. The molecule has 0 aliphatic carbocycles. The lowest BCUT2D eigenvalue weighted by Gasteiger charge is -2.32. The molecule has 1 atom stereocenters. The van der Waals surface area contributed by atoms with Gasteiger partial charge in [-0.05, 0) is 12.1 Å². The summed E-state index contributed by atoms with van der Waals surface area (Å²) in [5.41, 5.74) is 0.438. The van der Waals surface area contributed by atoms with Gasteiger partial charge in [0.2, 0.25) is 0 Å². The summed E-state index contributed by atoms with van der Waals surface area (Å²) in [6.45, 7) is 0.685. The molecular formula is C11H12N2O4. The maximum absolute atomic E-state index is 12.1. The summed E-state index contributed by atoms with van der Waals surface area (Å²) in [6, 6.07) is 2.22. The molecule has 1 amide bonds. The molecule has 90 valence electrons. The van der Waals surface area contributed by atoms with Gasteiger partial charge in [0.05, 0.1) is 13.2 Å². The number of ether oxygens (including phenoxy) is 1. The average Bonchev–Trinajstić information content (AvgIpc) is 2.39. The number of aromatic nitrogens is 1. The van der Waals surface area contributed by atoms with E-state index in [4.69, 9.17) is 9.84 Å². The van der Waals surface area contributed by atoms with Crippen molar-refractivity contribution in [1.29, 1.82) is 0 Å². The molecule has 0 spiro atoms. The van der Waals surface area contributed by atoms with Crippen molar-refractivity contribution in [3.8, 4) is 0 Å². The Balaban J connectivity index is 2.20. The number of pyridine rings is 1. The molecule has 2 rings (SSSR count). The van der Waals surface area contributed by atoms with Gasteiger partial charge in [-0.25, -0.2) is 4.79 Å². The lowest BCUT2D eigenvalue weighted by molar-refractivity contribution is -0.147. The molecule has 0 aromatic carbocycles. The van der Waals surface area contributed by atoms with Crippen molar-refractivity contribution in [2.24, 2.45) is 0 Å². The van der Waals surface area contributed by atoms with Crippen LogP contribution in [-0.4, -0.2) is 52.7 Å². The smallest absolute Gasteiger partial charge is 0.328 e. The van der Waals surface area contributed by atoms with E-state index in [9.17, 15) is 9.59 Å². The molecular weight excluding hydrogens is 224 g/mol. The highest BCUT2D eigenvalue weighted by molar-refractivity contribution is 5.96. The summed E-state index contributed by atoms with van der Waals surface area (Å²) in [7, 11) is 0. The number of rotatable bonds is 2. The molecule has 17 heavy (non-hydrogen) atoms. The summed E-state index contributed by atoms with van der Waals surface area (Å²) in [5.74, 6) is -1.35. The van der Waals surface area contributed by atoms with Gasteiger partial charge in [-0.2, -0.15) is 0 Å². The van der Waals surface area contributed by atoms with Gasteiger partial charge in [-0.15, -0.1) is 0 Å². The van der Waals surface area contributed by atoms with Crippen LogP contribution in [0.25, 0.3) is 0 Å². The molecule has 1 aliphatic heterocycles. The molecule has 1 N–H and O–H groups in total. The number of carboxylic acids is 1. The number of amides is 1. The van der Waals surface area contributed by atoms with E-state index in [-0.39, 0.29) is 19.1 Å². The monoisotopic (exact) mass is 236 g/mol. The second-order valence-corrected chi connectivity index (χ2v) is 3.66. The molecule has 1 aliphatic rings. The Kier molecular flexibility index (Phi) is 3.34. The van der Waals surface area contributed by atoms with Gasteiger partial charge >= 0.3 is 5.97 Å². The summed E-state index contributed by atoms with van der Waals surface area (Å²) < 4.78 is 5.07. The van der Waals surface area contributed by atoms with Crippen LogP contribution in [0.1, 0.15) is 10.4 Å². The number of hydrogen-bond acceptors (Lipinski definition) is 4. The van der Waals surface area contributed by atoms with E-state index in [0.29, 0.717) is 12.2 Å². The van der Waals surface area contributed by atoms with Gasteiger partial charge in [0.1, 0.15) is 0 Å². The minimum atomic E-state index is -1.05. The van der Waals surface area contributed by atoms with E-state index >= 15 is 0 Å². The van der Waals surface area contributed by atoms with E-state index in [0.717, 1.165) is 0 Å². The predicted octanol–water partition coefficient (Wildman–Crippen LogP) is 0.00720. The summed E-state index contributed by atoms with van der Waals surface area (Å²) in [5, 5.41) is 9.02. The van der Waals surface area contributed by atoms with Gasteiger partial charge in [-0.3, -0.25) is 9.78 Å². The first-order chi connectivity index (χ1) is 8.20. The molecule has 0 unspecified atom stereocenters. The standard InChI is InChI=1S/C11H12N2O4/c14-10(8-1-3-12-4-2-8)13-5-6-17-7-9(13)11(15)16/h1-4,9H,5-7H2,(H,15,16)/t9-/m1/s1. The van der Waals surface area contributed by atoms with Gasteiger partial charge in [0.15, 0.2) is 6.04 Å². The topological polar surface area (TPSA) is 79.7 Å². The maximum atomic E-state index is 12.1. The van der Waals surface area contributed by atoms with Crippen LogP contribution >= 0.6 is 0 Å². The first-order valence-corrected chi connectivity index (χ1v) is 5.21. The van der Waals surface area contributed by atoms with E-state index in [1.54, 1.807) is 12.1 Å². The quantitative estimate of drug-likeness (QED) is 0.782. The molecule has 1 aromatic heterocycles. The second-order valence-electron chi connectivity index (χ2n) is 3.66. The van der Waals surface area contributed by atoms with Crippen molar-refractivity contribution >= 4 is 11.9 Å². The van der Waals surface area contributed by atoms with Crippen LogP contribution in [0, 0.1) is 0 Å². The molecule has 1 saturated heterocycles. The van der Waals surface area contributed by atoms with Crippen molar-refractivity contribution in [2.45, 2.75) is 6.04 Å². The van der Waals surface area contributed by atoms with Crippen molar-refractivity contribution in [2.75, 3.05) is 19.8 Å². The van der Waals surface area contributed by atoms with E-state index in [1.165, 1.54) is 17.3 Å². The summed E-state index contributed by atoms with van der Waals surface area (Å²) >= 11 is 0. The fourth-order valence-electron chi connectivity index (χ4n) is 1.71. The number of morpholine rings is 1. The van der Waals surface area contributed by atoms with Crippen LogP contribution in [0.5, 0.6) is 0 Å². The zero-order chi connectivity index (χ0) is 12.3. The number of aliphatic carboxylic acids is 1. The third-order valence-electron chi connectivity index (χ3n) is 2.60. The van der Waals surface area contributed by atoms with Crippen molar-refractivity contribution in [3.05, 3.63) is 30.1 Å². The molecule has 0 bridgehead atoms. The normalized spacial score (nSPS) is 20.0. The van der Waals surface area contributed by atoms with Gasteiger partial charge in [-0.1, -0.05) is 0 Å². The minimum absolute atomic E-state index is 0.0339. The van der Waals surface area contributed by atoms with Crippen molar-refractivity contribution in [3.63, 3.8) is 0 Å². The molecule has 0 radical (unpaired) electrons. The first-order valence-electron chi connectivity index (χ1n) is 5.21. The predicted molar refractivity (Wildman–Crippen MR) is 57.5 cm³/mol. The SMILES string of the molecule is O=C(O)[C@H]1COCCN1C(=O)c1ccncc1. The highest BCUT2D eigenvalue weighted by atomic mass is 16.5. The second kappa shape index (κ2) is 4.92. The number of carbonyl (C=O) groups excluding carboxylic acids is 1. The Bertz CT molecular complexity index is 421. The van der Waals surface area contributed by atoms with E-state index < -0.39 is 12.0 Å². The van der Waals surface area contributed by atoms with Crippen LogP contribution in [-0.2, 0) is 9.53 Å². The Labute approximate surface area is 97.8 Å². The Morgan fingerprint density at radius 2 is 2.12 bits per heavy atom. The lowest BCUT2D eigenvalue weighted by Crippen LogP contribution is -2.52. The molecule has 6 nitrogen and oxygen atoms in total. The summed E-state index contributed by atoms with van der Waals surface area (Å²) in [4.78, 5) is 28.2. The third-order valence-corrected chi connectivity index (χ3v) is 2.60. The number of carbonyl (C=O) groups is 2. The Morgan fingerprint density at radius 3 is 2.76 bits per heavy atom. The maximum Gasteiger partial charge on any atom is 0.328 e. The molecule has 1 aromatic rings. The van der Waals surface area contributed by atoms with Crippen LogP contribution in [0.3, 0.4) is 0 Å². The first kappa shape index (κ1) is 11.5. The van der Waals surface area contributed by atoms with Gasteiger partial charge < -0.3 is 14.7 Å². The van der Waals surface area contributed by atoms with Crippen molar-refractivity contribution in [1.82, 2.24) is 9.88 Å². The summed E-state index contributed by atoms with van der Waals surface area (Å²) in [6.07, 6.45) is 3.01. The lowest BCUT2D eigenvalue weighted by atomic mass is 10.1. The highest BCUT2D eigenvalue weighted by Crippen LogP contribution is 2.12. The molecule has 1 fully saturated rings. The largest absolute Gasteiger partial charge is 0.480 e. The zero-order valence-electron chi connectivity index (χ0n) is 9.07. The molecule has 2 heterocycles. The van der Waals surface area contributed by atoms with Gasteiger partial charge in [0.25, 0.3) is 5.91 Å². The van der Waals surface area contributed by atoms with Crippen LogP contribution < -0.4 is 0 Å². The van der Waals surface area contributed by atoms with E-state index in [1.807, 2.05) is 0 Å². The van der Waals surface area contributed by atoms with Crippen LogP contribution in [0.4, 0.5) is 0 Å². The Morgan fingerprint density at radius 1 is 1.41 bits per heavy atom. The fourth-order valence-corrected chi connectivity index (χ4v) is 1.71. The average molecular weight is 236 g/mol. The molecule has 6 heteroatoms. The number of carboxylic acid groups (broad SMARTS) is 1. The number of hydrogen-bond donors (Lipinski definition) is 1. The Hall–Kier alpha value is -1.95. The third kappa shape index (κ3) is 2.42.